The highest BCUT2D eigenvalue weighted by Crippen LogP contribution is 2.68. The predicted octanol–water partition coefficient (Wildman–Crippen LogP) is 15.7. The lowest BCUT2D eigenvalue weighted by atomic mass is 9.63. The molecule has 2 atom stereocenters. The van der Waals surface area contributed by atoms with Crippen LogP contribution in [-0.2, 0) is 16.2 Å². The molecule has 4 aliphatic carbocycles. The van der Waals surface area contributed by atoms with Crippen LogP contribution in [0.1, 0.15) is 86.9 Å². The summed E-state index contributed by atoms with van der Waals surface area (Å²) in [6.45, 7) is 18.8. The van der Waals surface area contributed by atoms with Crippen LogP contribution >= 0.6 is 0 Å². The van der Waals surface area contributed by atoms with Gasteiger partial charge in [0.2, 0.25) is 0 Å². The van der Waals surface area contributed by atoms with E-state index in [0.717, 1.165) is 17.8 Å². The van der Waals surface area contributed by atoms with Gasteiger partial charge in [0.05, 0.1) is 16.8 Å². The Hall–Kier alpha value is -6.44. The average Bonchev–Trinajstić information content (AvgIpc) is 3.82. The van der Waals surface area contributed by atoms with E-state index < -0.39 is 5.41 Å². The van der Waals surface area contributed by atoms with Crippen molar-refractivity contribution in [2.75, 3.05) is 4.90 Å². The molecule has 0 radical (unpaired) electrons. The predicted molar refractivity (Wildman–Crippen MR) is 254 cm³/mol. The quantitative estimate of drug-likeness (QED) is 0.158. The number of allylic oxidation sites excluding steroid dienone is 5. The zero-order valence-electron chi connectivity index (χ0n) is 35.6. The third-order valence-electron chi connectivity index (χ3n) is 14.2. The van der Waals surface area contributed by atoms with Gasteiger partial charge in [0.15, 0.2) is 0 Å². The Labute approximate surface area is 356 Å². The summed E-state index contributed by atoms with van der Waals surface area (Å²) in [6, 6.07) is 59.9. The van der Waals surface area contributed by atoms with Crippen molar-refractivity contribution in [1.29, 1.82) is 0 Å². The van der Waals surface area contributed by atoms with E-state index in [4.69, 9.17) is 6.58 Å². The minimum atomic E-state index is -0.547. The van der Waals surface area contributed by atoms with Crippen LogP contribution in [0.5, 0.6) is 0 Å². The second-order valence-electron chi connectivity index (χ2n) is 19.0. The van der Waals surface area contributed by atoms with Crippen molar-refractivity contribution in [3.8, 4) is 33.4 Å². The number of fused-ring (bicyclic) bond motifs is 12. The molecule has 0 N–H and O–H groups in total. The van der Waals surface area contributed by atoms with Gasteiger partial charge in [-0.15, -0.1) is 0 Å². The SMILES string of the molecule is C=C(C)C1CC=CC2=C1C1(c3cc(C(C)(C)C)ccc32)c2ccccc2-c2cccc(N(c3ccc4c(c3)C(C)(C)c3ccccc3-4)c3ccccc3-c3ccccc3)c21. The summed E-state index contributed by atoms with van der Waals surface area (Å²) < 4.78 is 0. The number of hydrogen-bond donors (Lipinski definition) is 0. The fraction of sp³-hybridized carbons (Fsp3) is 0.186. The maximum Gasteiger partial charge on any atom is 0.0715 e. The number of para-hydroxylation sites is 1. The summed E-state index contributed by atoms with van der Waals surface area (Å²) in [7, 11) is 0. The summed E-state index contributed by atoms with van der Waals surface area (Å²) in [5.41, 5.74) is 24.1. The minimum Gasteiger partial charge on any atom is -0.310 e. The van der Waals surface area contributed by atoms with E-state index in [0.29, 0.717) is 0 Å². The molecule has 11 rings (SSSR count). The zero-order valence-corrected chi connectivity index (χ0v) is 35.6. The Balaban J connectivity index is 1.28. The Morgan fingerprint density at radius 1 is 0.583 bits per heavy atom. The van der Waals surface area contributed by atoms with Crippen LogP contribution in [0, 0.1) is 5.92 Å². The molecule has 2 unspecified atom stereocenters. The van der Waals surface area contributed by atoms with Gasteiger partial charge in [-0.3, -0.25) is 0 Å². The molecule has 0 saturated carbocycles. The molecule has 0 amide bonds. The first kappa shape index (κ1) is 36.6. The molecule has 0 saturated heterocycles. The van der Waals surface area contributed by atoms with Crippen LogP contribution < -0.4 is 4.90 Å². The number of rotatable bonds is 5. The van der Waals surface area contributed by atoms with Crippen LogP contribution in [-0.4, -0.2) is 0 Å². The second kappa shape index (κ2) is 13.0. The fourth-order valence-corrected chi connectivity index (χ4v) is 11.4. The van der Waals surface area contributed by atoms with Gasteiger partial charge in [0.1, 0.15) is 0 Å². The van der Waals surface area contributed by atoms with Gasteiger partial charge in [-0.05, 0) is 115 Å². The van der Waals surface area contributed by atoms with Gasteiger partial charge >= 0.3 is 0 Å². The van der Waals surface area contributed by atoms with Crippen molar-refractivity contribution in [2.24, 2.45) is 5.92 Å². The van der Waals surface area contributed by atoms with E-state index in [9.17, 15) is 0 Å². The lowest BCUT2D eigenvalue weighted by molar-refractivity contribution is 0.583. The zero-order chi connectivity index (χ0) is 41.1. The van der Waals surface area contributed by atoms with Crippen LogP contribution in [0.4, 0.5) is 17.1 Å². The van der Waals surface area contributed by atoms with E-state index in [2.05, 4.69) is 216 Å². The van der Waals surface area contributed by atoms with Gasteiger partial charge in [-0.25, -0.2) is 0 Å². The molecule has 4 aliphatic rings. The third-order valence-corrected chi connectivity index (χ3v) is 14.2. The molecule has 7 aromatic rings. The average molecular weight is 774 g/mol. The molecule has 0 heterocycles. The van der Waals surface area contributed by atoms with Gasteiger partial charge in [-0.2, -0.15) is 0 Å². The smallest absolute Gasteiger partial charge is 0.0715 e. The summed E-state index contributed by atoms with van der Waals surface area (Å²) in [4.78, 5) is 2.61. The van der Waals surface area contributed by atoms with Crippen LogP contribution in [0.3, 0.4) is 0 Å². The highest BCUT2D eigenvalue weighted by molar-refractivity contribution is 6.02. The van der Waals surface area contributed by atoms with Crippen LogP contribution in [0.2, 0.25) is 0 Å². The number of anilines is 3. The first-order valence-corrected chi connectivity index (χ1v) is 21.7. The Bertz CT molecular complexity index is 3000. The number of benzene rings is 7. The summed E-state index contributed by atoms with van der Waals surface area (Å²) in [5, 5.41) is 0. The summed E-state index contributed by atoms with van der Waals surface area (Å²) in [5.74, 6) is 0.187. The third kappa shape index (κ3) is 4.99. The summed E-state index contributed by atoms with van der Waals surface area (Å²) in [6.07, 6.45) is 5.75. The van der Waals surface area contributed by atoms with E-state index in [1.807, 2.05) is 0 Å². The highest BCUT2D eigenvalue weighted by Gasteiger charge is 2.56. The maximum atomic E-state index is 4.71. The minimum absolute atomic E-state index is 0.0289. The molecule has 292 valence electrons. The normalized spacial score (nSPS) is 18.7. The van der Waals surface area contributed by atoms with Crippen molar-refractivity contribution in [3.05, 3.63) is 227 Å². The molecule has 0 fully saturated rings. The van der Waals surface area contributed by atoms with Gasteiger partial charge in [0.25, 0.3) is 0 Å². The first-order valence-electron chi connectivity index (χ1n) is 21.7. The van der Waals surface area contributed by atoms with Gasteiger partial charge in [0, 0.05) is 28.1 Å². The maximum absolute atomic E-state index is 4.71. The van der Waals surface area contributed by atoms with Crippen molar-refractivity contribution < 1.29 is 0 Å². The Kier molecular flexibility index (Phi) is 7.95. The topological polar surface area (TPSA) is 3.24 Å². The Morgan fingerprint density at radius 3 is 1.95 bits per heavy atom. The monoisotopic (exact) mass is 773 g/mol. The molecule has 1 nitrogen and oxygen atoms in total. The van der Waals surface area contributed by atoms with Crippen LogP contribution in [0.15, 0.2) is 188 Å². The van der Waals surface area contributed by atoms with Crippen molar-refractivity contribution in [3.63, 3.8) is 0 Å². The molecule has 1 heteroatoms. The molecule has 0 aliphatic heterocycles. The summed E-state index contributed by atoms with van der Waals surface area (Å²) >= 11 is 0. The molecule has 7 aromatic carbocycles. The fourth-order valence-electron chi connectivity index (χ4n) is 11.4. The lowest BCUT2D eigenvalue weighted by Crippen LogP contribution is -2.33. The Morgan fingerprint density at radius 2 is 1.20 bits per heavy atom. The molecular weight excluding hydrogens is 723 g/mol. The molecule has 0 aromatic heterocycles. The van der Waals surface area contributed by atoms with Gasteiger partial charge < -0.3 is 4.90 Å². The molecule has 1 spiro atoms. The van der Waals surface area contributed by atoms with Crippen molar-refractivity contribution in [1.82, 2.24) is 0 Å². The number of nitrogens with zero attached hydrogens (tertiary/aromatic N) is 1. The van der Waals surface area contributed by atoms with Crippen molar-refractivity contribution >= 4 is 22.6 Å². The molecular formula is C59H51N. The number of hydrogen-bond acceptors (Lipinski definition) is 1. The lowest BCUT2D eigenvalue weighted by Gasteiger charge is -2.41. The van der Waals surface area contributed by atoms with Gasteiger partial charge in [-0.1, -0.05) is 192 Å². The molecule has 60 heavy (non-hydrogen) atoms. The first-order chi connectivity index (χ1) is 29.0. The van der Waals surface area contributed by atoms with E-state index >= 15 is 0 Å². The van der Waals surface area contributed by atoms with Crippen LogP contribution in [0.25, 0.3) is 39.0 Å². The largest absolute Gasteiger partial charge is 0.310 e. The second-order valence-corrected chi connectivity index (χ2v) is 19.0. The van der Waals surface area contributed by atoms with E-state index in [-0.39, 0.29) is 16.7 Å². The van der Waals surface area contributed by atoms with E-state index in [1.165, 1.54) is 94.7 Å². The van der Waals surface area contributed by atoms with Crippen molar-refractivity contribution in [2.45, 2.75) is 64.2 Å². The van der Waals surface area contributed by atoms with E-state index in [1.54, 1.807) is 0 Å². The molecule has 0 bridgehead atoms. The standard InChI is InChI=1S/C59H51N/c1-37(2)41-24-17-25-47-46-33-31-39(57(3,4)5)35-52(46)59(55(41)47)50-28-15-12-23-44(50)48-26-18-30-54(56(48)59)60(53-29-16-13-21-42(53)38-19-9-8-10-20-38)40-32-34-45-43-22-11-14-27-49(43)58(6,7)51(45)36-40/h8-23,25-36,41H,1,24H2,2-7H3. The highest BCUT2D eigenvalue weighted by atomic mass is 15.1.